The van der Waals surface area contributed by atoms with Crippen molar-refractivity contribution >= 4 is 0 Å². The van der Waals surface area contributed by atoms with Gasteiger partial charge in [-0.2, -0.15) is 5.26 Å². The summed E-state index contributed by atoms with van der Waals surface area (Å²) in [6, 6.07) is 2.59. The van der Waals surface area contributed by atoms with E-state index in [0.29, 0.717) is 17.3 Å². The largest absolute Gasteiger partial charge is 0.388 e. The Morgan fingerprint density at radius 1 is 1.05 bits per heavy atom. The SMILES string of the molecule is CC1CCCC(C#N)(C2(O)CCCC(C(C)(C)C)CC2)C1. The van der Waals surface area contributed by atoms with Crippen molar-refractivity contribution in [3.8, 4) is 6.07 Å². The highest BCUT2D eigenvalue weighted by Crippen LogP contribution is 2.53. The first kappa shape index (κ1) is 16.8. The Labute approximate surface area is 130 Å². The first-order valence-electron chi connectivity index (χ1n) is 8.86. The summed E-state index contributed by atoms with van der Waals surface area (Å²) in [5.41, 5.74) is -0.932. The molecule has 0 heterocycles. The predicted octanol–water partition coefficient (Wildman–Crippen LogP) is 5.06. The molecule has 0 spiro atoms. The van der Waals surface area contributed by atoms with Gasteiger partial charge in [0.15, 0.2) is 0 Å². The third-order valence-corrected chi connectivity index (χ3v) is 6.38. The lowest BCUT2D eigenvalue weighted by molar-refractivity contribution is -0.0918. The minimum atomic E-state index is -0.754. The number of aliphatic hydroxyl groups is 1. The number of hydrogen-bond donors (Lipinski definition) is 1. The van der Waals surface area contributed by atoms with Crippen LogP contribution in [0.15, 0.2) is 0 Å². The van der Waals surface area contributed by atoms with E-state index >= 15 is 0 Å². The second-order valence-corrected chi connectivity index (χ2v) is 8.92. The van der Waals surface area contributed by atoms with Gasteiger partial charge < -0.3 is 5.11 Å². The molecule has 2 heteroatoms. The van der Waals surface area contributed by atoms with Crippen LogP contribution >= 0.6 is 0 Å². The molecule has 0 amide bonds. The minimum absolute atomic E-state index is 0.310. The normalized spacial score (nSPS) is 42.1. The first-order valence-corrected chi connectivity index (χ1v) is 8.86. The van der Waals surface area contributed by atoms with Crippen LogP contribution in [0.2, 0.25) is 0 Å². The number of nitriles is 1. The molecule has 4 atom stereocenters. The zero-order valence-corrected chi connectivity index (χ0v) is 14.4. The Bertz CT molecular complexity index is 405. The van der Waals surface area contributed by atoms with Crippen LogP contribution in [0.1, 0.15) is 85.5 Å². The number of nitrogens with zero attached hydrogens (tertiary/aromatic N) is 1. The average Bonchev–Trinajstić information content (AvgIpc) is 2.61. The van der Waals surface area contributed by atoms with Crippen molar-refractivity contribution in [2.45, 2.75) is 91.1 Å². The quantitative estimate of drug-likeness (QED) is 0.686. The molecule has 2 fully saturated rings. The van der Waals surface area contributed by atoms with Gasteiger partial charge in [-0.25, -0.2) is 0 Å². The number of rotatable bonds is 1. The highest BCUT2D eigenvalue weighted by Gasteiger charge is 2.52. The predicted molar refractivity (Wildman–Crippen MR) is 86.7 cm³/mol. The van der Waals surface area contributed by atoms with Crippen molar-refractivity contribution in [2.75, 3.05) is 0 Å². The van der Waals surface area contributed by atoms with E-state index < -0.39 is 11.0 Å². The zero-order chi connectivity index (χ0) is 15.7. The zero-order valence-electron chi connectivity index (χ0n) is 14.4. The summed E-state index contributed by atoms with van der Waals surface area (Å²) in [6.45, 7) is 9.17. The number of hydrogen-bond acceptors (Lipinski definition) is 2. The fourth-order valence-corrected chi connectivity index (χ4v) is 4.85. The molecule has 120 valence electrons. The Morgan fingerprint density at radius 2 is 1.71 bits per heavy atom. The molecule has 0 aromatic rings. The van der Waals surface area contributed by atoms with E-state index in [9.17, 15) is 10.4 Å². The maximum atomic E-state index is 11.4. The van der Waals surface area contributed by atoms with E-state index in [-0.39, 0.29) is 0 Å². The molecule has 2 nitrogen and oxygen atoms in total. The summed E-state index contributed by atoms with van der Waals surface area (Å²) in [5.74, 6) is 1.24. The second kappa shape index (κ2) is 5.92. The van der Waals surface area contributed by atoms with Crippen molar-refractivity contribution in [3.63, 3.8) is 0 Å². The van der Waals surface area contributed by atoms with E-state index in [1.165, 1.54) is 12.8 Å². The molecule has 2 aliphatic carbocycles. The smallest absolute Gasteiger partial charge is 0.0862 e. The van der Waals surface area contributed by atoms with Gasteiger partial charge in [0.2, 0.25) is 0 Å². The summed E-state index contributed by atoms with van der Waals surface area (Å²) in [7, 11) is 0. The lowest BCUT2D eigenvalue weighted by atomic mass is 9.59. The van der Waals surface area contributed by atoms with Gasteiger partial charge in [0.05, 0.1) is 17.1 Å². The fraction of sp³-hybridized carbons (Fsp3) is 0.947. The molecule has 0 aromatic heterocycles. The lowest BCUT2D eigenvalue weighted by Gasteiger charge is -2.46. The van der Waals surface area contributed by atoms with Crippen molar-refractivity contribution < 1.29 is 5.11 Å². The van der Waals surface area contributed by atoms with Gasteiger partial charge in [-0.15, -0.1) is 0 Å². The van der Waals surface area contributed by atoms with Gasteiger partial charge in [-0.05, 0) is 55.8 Å². The van der Waals surface area contributed by atoms with E-state index in [4.69, 9.17) is 0 Å². The van der Waals surface area contributed by atoms with E-state index in [1.807, 2.05) is 0 Å². The van der Waals surface area contributed by atoms with E-state index in [2.05, 4.69) is 33.8 Å². The van der Waals surface area contributed by atoms with Crippen molar-refractivity contribution in [2.24, 2.45) is 22.7 Å². The molecule has 2 aliphatic rings. The Kier molecular flexibility index (Phi) is 4.74. The summed E-state index contributed by atoms with van der Waals surface area (Å²) >= 11 is 0. The Hall–Kier alpha value is -0.550. The molecular formula is C19H33NO. The van der Waals surface area contributed by atoms with Gasteiger partial charge in [-0.3, -0.25) is 0 Å². The van der Waals surface area contributed by atoms with Gasteiger partial charge >= 0.3 is 0 Å². The molecule has 21 heavy (non-hydrogen) atoms. The molecule has 0 bridgehead atoms. The topological polar surface area (TPSA) is 44.0 Å². The summed E-state index contributed by atoms with van der Waals surface area (Å²) in [5, 5.41) is 21.3. The molecule has 2 saturated carbocycles. The molecule has 0 aliphatic heterocycles. The fourth-order valence-electron chi connectivity index (χ4n) is 4.85. The summed E-state index contributed by atoms with van der Waals surface area (Å²) in [4.78, 5) is 0. The molecule has 0 saturated heterocycles. The maximum absolute atomic E-state index is 11.4. The monoisotopic (exact) mass is 291 g/mol. The van der Waals surface area contributed by atoms with Crippen LogP contribution in [0.4, 0.5) is 0 Å². The standard InChI is InChI=1S/C19H33NO/c1-15-7-5-10-18(13-15,14-20)19(21)11-6-8-16(9-12-19)17(2,3)4/h15-16,21H,5-13H2,1-4H3. The van der Waals surface area contributed by atoms with Crippen LogP contribution in [-0.2, 0) is 0 Å². The van der Waals surface area contributed by atoms with Crippen LogP contribution in [0.25, 0.3) is 0 Å². The molecular weight excluding hydrogens is 258 g/mol. The highest BCUT2D eigenvalue weighted by atomic mass is 16.3. The van der Waals surface area contributed by atoms with Gasteiger partial charge in [0, 0.05) is 0 Å². The maximum Gasteiger partial charge on any atom is 0.0862 e. The van der Waals surface area contributed by atoms with Crippen LogP contribution in [0.3, 0.4) is 0 Å². The van der Waals surface area contributed by atoms with Crippen LogP contribution < -0.4 is 0 Å². The molecule has 2 rings (SSSR count). The van der Waals surface area contributed by atoms with Crippen molar-refractivity contribution in [3.05, 3.63) is 0 Å². The van der Waals surface area contributed by atoms with E-state index in [0.717, 1.165) is 44.9 Å². The van der Waals surface area contributed by atoms with Crippen LogP contribution in [0, 0.1) is 34.0 Å². The third-order valence-electron chi connectivity index (χ3n) is 6.38. The molecule has 0 aromatic carbocycles. The first-order chi connectivity index (χ1) is 9.72. The van der Waals surface area contributed by atoms with Crippen molar-refractivity contribution in [1.29, 1.82) is 5.26 Å². The molecule has 0 radical (unpaired) electrons. The van der Waals surface area contributed by atoms with Gasteiger partial charge in [0.25, 0.3) is 0 Å². The van der Waals surface area contributed by atoms with Gasteiger partial charge in [0.1, 0.15) is 0 Å². The highest BCUT2D eigenvalue weighted by molar-refractivity contribution is 5.13. The van der Waals surface area contributed by atoms with Gasteiger partial charge in [-0.1, -0.05) is 47.0 Å². The Morgan fingerprint density at radius 3 is 2.29 bits per heavy atom. The minimum Gasteiger partial charge on any atom is -0.388 e. The van der Waals surface area contributed by atoms with E-state index in [1.54, 1.807) is 0 Å². The molecule has 4 unspecified atom stereocenters. The molecule has 1 N–H and O–H groups in total. The lowest BCUT2D eigenvalue weighted by Crippen LogP contribution is -2.49. The van der Waals surface area contributed by atoms with Crippen molar-refractivity contribution in [1.82, 2.24) is 0 Å². The average molecular weight is 291 g/mol. The third kappa shape index (κ3) is 3.29. The summed E-state index contributed by atoms with van der Waals surface area (Å²) < 4.78 is 0. The Balaban J connectivity index is 2.19. The summed E-state index contributed by atoms with van der Waals surface area (Å²) in [6.07, 6.45) is 9.06. The van der Waals surface area contributed by atoms with Crippen LogP contribution in [-0.4, -0.2) is 10.7 Å². The second-order valence-electron chi connectivity index (χ2n) is 8.92. The van der Waals surface area contributed by atoms with Crippen LogP contribution in [0.5, 0.6) is 0 Å².